The van der Waals surface area contributed by atoms with Crippen molar-refractivity contribution in [2.45, 2.75) is 73.1 Å². The summed E-state index contributed by atoms with van der Waals surface area (Å²) in [6, 6.07) is 12.3. The van der Waals surface area contributed by atoms with Crippen molar-refractivity contribution in [3.05, 3.63) is 83.0 Å². The average molecular weight is 943 g/mol. The number of benzene rings is 2. The number of imidazole rings is 2. The quantitative estimate of drug-likeness (QED) is 0.0285. The number of nitrogens with zero attached hydrogens (tertiary/aromatic N) is 12. The fraction of sp³-hybridized carbons (Fsp3) is 0.438. The average Bonchev–Trinajstić information content (AvgIpc) is 4.13. The van der Waals surface area contributed by atoms with Crippen LogP contribution < -0.4 is 31.2 Å². The number of primary amides is 1. The van der Waals surface area contributed by atoms with Gasteiger partial charge in [-0.3, -0.25) is 34.4 Å². The lowest BCUT2D eigenvalue weighted by Crippen LogP contribution is -2.50. The molecule has 0 atom stereocenters. The smallest absolute Gasteiger partial charge is 0.276 e. The zero-order valence-corrected chi connectivity index (χ0v) is 40.1. The van der Waals surface area contributed by atoms with Crippen molar-refractivity contribution >= 4 is 64.2 Å². The number of amidine groups is 1. The maximum Gasteiger partial charge on any atom is 0.276 e. The summed E-state index contributed by atoms with van der Waals surface area (Å²) in [6.07, 6.45) is 6.54. The summed E-state index contributed by atoms with van der Waals surface area (Å²) in [5.74, 6) is 1.54. The third kappa shape index (κ3) is 10.7. The summed E-state index contributed by atoms with van der Waals surface area (Å²) in [5, 5.41) is 26.7. The Kier molecular flexibility index (Phi) is 15.1. The summed E-state index contributed by atoms with van der Waals surface area (Å²) in [6.45, 7) is 19.4. The normalized spacial score (nSPS) is 15.1. The van der Waals surface area contributed by atoms with Gasteiger partial charge in [-0.25, -0.2) is 9.97 Å². The molecule has 0 unspecified atom stereocenters. The number of carbonyl (C=O) groups excluding carboxylic acids is 3. The van der Waals surface area contributed by atoms with Gasteiger partial charge in [-0.2, -0.15) is 15.3 Å². The number of aromatic nitrogens is 8. The van der Waals surface area contributed by atoms with E-state index in [9.17, 15) is 14.4 Å². The number of hydrogen-bond acceptors (Lipinski definition) is 13. The summed E-state index contributed by atoms with van der Waals surface area (Å²) >= 11 is 0. The lowest BCUT2D eigenvalue weighted by atomic mass is 9.94. The number of aryl methyl sites for hydroxylation is 4. The Balaban J connectivity index is 1.05. The number of fused-ring (bicyclic) bond motifs is 2. The first kappa shape index (κ1) is 48.1. The number of anilines is 2. The molecule has 0 aliphatic carbocycles. The van der Waals surface area contributed by atoms with Gasteiger partial charge in [-0.15, -0.1) is 5.10 Å². The molecule has 4 aromatic heterocycles. The van der Waals surface area contributed by atoms with E-state index in [1.54, 1.807) is 40.7 Å². The molecule has 5 N–H and O–H groups in total. The summed E-state index contributed by atoms with van der Waals surface area (Å²) < 4.78 is 19.3. The van der Waals surface area contributed by atoms with E-state index in [0.29, 0.717) is 82.2 Å². The van der Waals surface area contributed by atoms with Crippen LogP contribution in [0, 0.1) is 19.8 Å². The van der Waals surface area contributed by atoms with Gasteiger partial charge in [0.1, 0.15) is 39.8 Å². The number of para-hydroxylation sites is 1. The zero-order chi connectivity index (χ0) is 48.6. The monoisotopic (exact) mass is 943 g/mol. The molecular weight excluding hydrogens is 881 g/mol. The van der Waals surface area contributed by atoms with Crippen molar-refractivity contribution < 1.29 is 23.9 Å². The van der Waals surface area contributed by atoms with E-state index >= 15 is 0 Å². The number of rotatable bonds is 19. The van der Waals surface area contributed by atoms with Crippen LogP contribution in [0.2, 0.25) is 0 Å². The molecule has 21 heteroatoms. The Labute approximate surface area is 400 Å². The van der Waals surface area contributed by atoms with Crippen molar-refractivity contribution in [1.29, 1.82) is 0 Å². The molecular formula is C48H62N16O5. The van der Waals surface area contributed by atoms with Gasteiger partial charge in [0.05, 0.1) is 36.1 Å². The van der Waals surface area contributed by atoms with Gasteiger partial charge in [0.25, 0.3) is 11.8 Å². The second-order valence-corrected chi connectivity index (χ2v) is 17.1. The van der Waals surface area contributed by atoms with Crippen LogP contribution in [0.4, 0.5) is 11.9 Å². The number of methoxy groups -OCH3 is 1. The lowest BCUT2D eigenvalue weighted by Gasteiger charge is -2.37. The molecule has 69 heavy (non-hydrogen) atoms. The second kappa shape index (κ2) is 21.7. The van der Waals surface area contributed by atoms with Gasteiger partial charge in [0.15, 0.2) is 0 Å². The highest BCUT2D eigenvalue weighted by Gasteiger charge is 2.28. The Morgan fingerprint density at radius 1 is 0.841 bits per heavy atom. The van der Waals surface area contributed by atoms with Crippen LogP contribution in [0.5, 0.6) is 11.5 Å². The third-order valence-electron chi connectivity index (χ3n) is 12.5. The van der Waals surface area contributed by atoms with Crippen LogP contribution in [0.15, 0.2) is 64.8 Å². The number of nitrogens with one attached hydrogen (secondary N) is 3. The maximum atomic E-state index is 13.9. The number of piperazine rings is 1. The van der Waals surface area contributed by atoms with Crippen molar-refractivity contribution in [3.63, 3.8) is 0 Å². The van der Waals surface area contributed by atoms with E-state index in [4.69, 9.17) is 25.2 Å². The standard InChI is InChI=1S/C48H62N16O5/c1-7-63-37(27-31(3)57-63)45(66)54-47-52-35-13-11-14-39(68-6)41(35)61(47)20-9-10-21-62-42-36(53-48(62)55-46(67)38-28-32(4)58-64(38)8-2)29-34(43(49)65)30-40(42)69-26-12-19-59-22-15-33(16-23-59)44(56-50-5)60-24-17-51-18-25-60/h9-11,13-14,27-30,33,51H,5,7-8,12,15-26H2,1-4,6H3,(H2,49,65)(H,52,54,66)(H,53,55,67)/b10-9+,56-44-. The predicted molar refractivity (Wildman–Crippen MR) is 266 cm³/mol. The fourth-order valence-corrected chi connectivity index (χ4v) is 9.23. The molecule has 8 rings (SSSR count). The molecule has 2 aliphatic rings. The van der Waals surface area contributed by atoms with Crippen molar-refractivity contribution in [3.8, 4) is 11.5 Å². The van der Waals surface area contributed by atoms with E-state index < -0.39 is 11.8 Å². The van der Waals surface area contributed by atoms with E-state index in [1.807, 2.05) is 67.2 Å². The van der Waals surface area contributed by atoms with Gasteiger partial charge < -0.3 is 39.5 Å². The van der Waals surface area contributed by atoms with Crippen LogP contribution in [0.1, 0.15) is 75.8 Å². The number of ether oxygens (including phenoxy) is 2. The molecule has 2 saturated heterocycles. The van der Waals surface area contributed by atoms with Crippen LogP contribution in [0.3, 0.4) is 0 Å². The third-order valence-corrected chi connectivity index (χ3v) is 12.5. The maximum absolute atomic E-state index is 13.9. The first-order valence-electron chi connectivity index (χ1n) is 23.6. The Morgan fingerprint density at radius 2 is 1.43 bits per heavy atom. The minimum atomic E-state index is -0.637. The van der Waals surface area contributed by atoms with Crippen molar-refractivity contribution in [2.75, 3.05) is 70.2 Å². The lowest BCUT2D eigenvalue weighted by molar-refractivity contribution is 0.0994. The Bertz CT molecular complexity index is 2890. The molecule has 2 aromatic carbocycles. The highest BCUT2D eigenvalue weighted by atomic mass is 16.5. The van der Waals surface area contributed by atoms with Crippen LogP contribution >= 0.6 is 0 Å². The van der Waals surface area contributed by atoms with Gasteiger partial charge >= 0.3 is 0 Å². The molecule has 6 aromatic rings. The minimum absolute atomic E-state index is 0.223. The minimum Gasteiger partial charge on any atom is -0.494 e. The van der Waals surface area contributed by atoms with Crippen LogP contribution in [-0.2, 0) is 26.2 Å². The number of amides is 3. The largest absolute Gasteiger partial charge is 0.494 e. The molecule has 3 amide bonds. The van der Waals surface area contributed by atoms with Crippen molar-refractivity contribution in [1.82, 2.24) is 53.8 Å². The summed E-state index contributed by atoms with van der Waals surface area (Å²) in [5.41, 5.74) is 10.6. The molecule has 364 valence electrons. The molecule has 0 spiro atoms. The Hall–Kier alpha value is -7.39. The van der Waals surface area contributed by atoms with Crippen LogP contribution in [0.25, 0.3) is 22.1 Å². The fourth-order valence-electron chi connectivity index (χ4n) is 9.23. The summed E-state index contributed by atoms with van der Waals surface area (Å²) in [7, 11) is 1.59. The van der Waals surface area contributed by atoms with Gasteiger partial charge in [-0.05, 0) is 96.4 Å². The summed E-state index contributed by atoms with van der Waals surface area (Å²) in [4.78, 5) is 54.7. The molecule has 6 heterocycles. The second-order valence-electron chi connectivity index (χ2n) is 17.1. The first-order chi connectivity index (χ1) is 33.5. The zero-order valence-electron chi connectivity index (χ0n) is 40.1. The topological polar surface area (TPSA) is 234 Å². The number of hydrogen-bond donors (Lipinski definition) is 4. The van der Waals surface area contributed by atoms with E-state index in [1.165, 1.54) is 0 Å². The van der Waals surface area contributed by atoms with Gasteiger partial charge in [-0.1, -0.05) is 18.2 Å². The van der Waals surface area contributed by atoms with Crippen LogP contribution in [-0.4, -0.2) is 138 Å². The van der Waals surface area contributed by atoms with Gasteiger partial charge in [0, 0.05) is 77.1 Å². The molecule has 2 fully saturated rings. The molecule has 21 nitrogen and oxygen atoms in total. The molecule has 0 saturated carbocycles. The number of piperidine rings is 1. The van der Waals surface area contributed by atoms with Gasteiger partial charge in [0.2, 0.25) is 17.8 Å². The van der Waals surface area contributed by atoms with E-state index in [0.717, 1.165) is 76.6 Å². The van der Waals surface area contributed by atoms with Crippen molar-refractivity contribution in [2.24, 2.45) is 21.9 Å². The Morgan fingerprint density at radius 3 is 2.00 bits per heavy atom. The highest BCUT2D eigenvalue weighted by Crippen LogP contribution is 2.33. The number of carbonyl (C=O) groups is 3. The number of likely N-dealkylation sites (tertiary alicyclic amines) is 1. The van der Waals surface area contributed by atoms with E-state index in [-0.39, 0.29) is 30.5 Å². The highest BCUT2D eigenvalue weighted by molar-refractivity contribution is 6.05. The SMILES string of the molecule is C=N/N=C(/C1CCN(CCCOc2cc(C(N)=O)cc3nc(NC(=O)c4cc(C)nn4CC)n(C/C=C/Cn4c(NC(=O)c5cc(C)nn5CC)nc5cccc(OC)c54)c23)CC1)N1CCNCC1. The van der Waals surface area contributed by atoms with E-state index in [2.05, 4.69) is 52.9 Å². The predicted octanol–water partition coefficient (Wildman–Crippen LogP) is 4.70. The first-order valence-corrected chi connectivity index (χ1v) is 23.6. The number of allylic oxidation sites excluding steroid dienone is 2. The molecule has 2 aliphatic heterocycles. The molecule has 0 radical (unpaired) electrons. The molecule has 0 bridgehead atoms. The number of nitrogens with two attached hydrogens (primary N) is 1.